The number of hydrogen-bond acceptors (Lipinski definition) is 4. The summed E-state index contributed by atoms with van der Waals surface area (Å²) in [6, 6.07) is 12.3. The molecule has 2 aromatic heterocycles. The van der Waals surface area contributed by atoms with Gasteiger partial charge in [0.25, 0.3) is 5.91 Å². The van der Waals surface area contributed by atoms with E-state index < -0.39 is 0 Å². The molecule has 0 spiro atoms. The summed E-state index contributed by atoms with van der Waals surface area (Å²) in [5.41, 5.74) is 1.39. The van der Waals surface area contributed by atoms with E-state index in [2.05, 4.69) is 26.1 Å². The quantitative estimate of drug-likeness (QED) is 0.499. The first kappa shape index (κ1) is 23.6. The zero-order valence-corrected chi connectivity index (χ0v) is 19.6. The van der Waals surface area contributed by atoms with Crippen LogP contribution in [-0.4, -0.2) is 39.6 Å². The molecule has 1 N–H and O–H groups in total. The van der Waals surface area contributed by atoms with E-state index in [1.807, 2.05) is 25.1 Å². The second kappa shape index (κ2) is 10.0. The first-order valence-electron chi connectivity index (χ1n) is 10.7. The van der Waals surface area contributed by atoms with Crippen LogP contribution in [0.4, 0.5) is 5.82 Å². The van der Waals surface area contributed by atoms with Gasteiger partial charge in [0, 0.05) is 23.0 Å². The second-order valence-electron chi connectivity index (χ2n) is 8.66. The van der Waals surface area contributed by atoms with E-state index in [0.717, 1.165) is 24.2 Å². The normalized spacial score (nSPS) is 11.4. The van der Waals surface area contributed by atoms with Crippen molar-refractivity contribution in [2.45, 2.75) is 46.0 Å². The zero-order chi connectivity index (χ0) is 23.3. The molecule has 2 heterocycles. The molecule has 2 amide bonds. The smallest absolute Gasteiger partial charge is 0.290 e. The van der Waals surface area contributed by atoms with Crippen molar-refractivity contribution < 1.29 is 14.0 Å². The molecule has 0 saturated carbocycles. The molecule has 0 unspecified atom stereocenters. The van der Waals surface area contributed by atoms with E-state index in [0.29, 0.717) is 17.4 Å². The Labute approximate surface area is 193 Å². The average Bonchev–Trinajstić information content (AvgIpc) is 3.41. The van der Waals surface area contributed by atoms with Gasteiger partial charge in [-0.25, -0.2) is 4.68 Å². The summed E-state index contributed by atoms with van der Waals surface area (Å²) in [6.07, 6.45) is 3.14. The Morgan fingerprint density at radius 1 is 1.19 bits per heavy atom. The first-order chi connectivity index (χ1) is 15.2. The number of furan rings is 1. The number of benzene rings is 1. The number of unbranched alkanes of at least 4 members (excludes halogenated alkanes) is 1. The van der Waals surface area contributed by atoms with Gasteiger partial charge in [-0.15, -0.1) is 0 Å². The van der Waals surface area contributed by atoms with Gasteiger partial charge in [-0.1, -0.05) is 45.7 Å². The molecule has 7 nitrogen and oxygen atoms in total. The molecule has 32 heavy (non-hydrogen) atoms. The maximum absolute atomic E-state index is 13.0. The molecular weight excluding hydrogens is 428 g/mol. The maximum atomic E-state index is 13.0. The molecule has 0 bridgehead atoms. The Morgan fingerprint density at radius 3 is 2.50 bits per heavy atom. The lowest BCUT2D eigenvalue weighted by Crippen LogP contribution is -2.38. The number of carbonyl (C=O) groups is 2. The van der Waals surface area contributed by atoms with Gasteiger partial charge >= 0.3 is 0 Å². The SMILES string of the molecule is CCCCN(CC(=O)Nc1cc(C(C)(C)C)nn1-c1ccc(Cl)cc1)C(=O)c1ccco1. The van der Waals surface area contributed by atoms with Gasteiger partial charge in [-0.2, -0.15) is 5.10 Å². The first-order valence-corrected chi connectivity index (χ1v) is 11.1. The summed E-state index contributed by atoms with van der Waals surface area (Å²) in [7, 11) is 0. The van der Waals surface area contributed by atoms with Gasteiger partial charge in [0.05, 0.1) is 17.6 Å². The van der Waals surface area contributed by atoms with Gasteiger partial charge in [-0.05, 0) is 42.8 Å². The third kappa shape index (κ3) is 5.79. The van der Waals surface area contributed by atoms with Crippen molar-refractivity contribution in [2.24, 2.45) is 0 Å². The van der Waals surface area contributed by atoms with Crippen LogP contribution in [0.2, 0.25) is 5.02 Å². The third-order valence-corrected chi connectivity index (χ3v) is 5.20. The van der Waals surface area contributed by atoms with Gasteiger partial charge in [0.15, 0.2) is 5.76 Å². The minimum atomic E-state index is -0.309. The van der Waals surface area contributed by atoms with Gasteiger partial charge in [0.2, 0.25) is 5.91 Å². The van der Waals surface area contributed by atoms with Crippen LogP contribution in [0, 0.1) is 0 Å². The van der Waals surface area contributed by atoms with Crippen molar-refractivity contribution in [3.8, 4) is 5.69 Å². The van der Waals surface area contributed by atoms with E-state index in [1.54, 1.807) is 28.9 Å². The summed E-state index contributed by atoms with van der Waals surface area (Å²) >= 11 is 6.03. The standard InChI is InChI=1S/C24H29ClN4O3/c1-5-6-13-28(23(31)19-8-7-14-32-19)16-22(30)26-21-15-20(24(2,3)4)27-29(21)18-11-9-17(25)10-12-18/h7-12,14-15H,5-6,13,16H2,1-4H3,(H,26,30). The number of carbonyl (C=O) groups excluding carboxylic acids is 2. The Hall–Kier alpha value is -3.06. The lowest BCUT2D eigenvalue weighted by molar-refractivity contribution is -0.117. The van der Waals surface area contributed by atoms with Crippen LogP contribution in [0.25, 0.3) is 5.69 Å². The molecular formula is C24H29ClN4O3. The van der Waals surface area contributed by atoms with E-state index >= 15 is 0 Å². The van der Waals surface area contributed by atoms with Crippen LogP contribution < -0.4 is 5.32 Å². The van der Waals surface area contributed by atoms with Gasteiger partial charge in [-0.3, -0.25) is 9.59 Å². The van der Waals surface area contributed by atoms with Crippen LogP contribution >= 0.6 is 11.6 Å². The van der Waals surface area contributed by atoms with E-state index in [1.165, 1.54) is 11.2 Å². The van der Waals surface area contributed by atoms with Crippen LogP contribution in [0.5, 0.6) is 0 Å². The van der Waals surface area contributed by atoms with Crippen LogP contribution in [0.15, 0.2) is 53.1 Å². The molecule has 0 radical (unpaired) electrons. The molecule has 3 rings (SSSR count). The minimum Gasteiger partial charge on any atom is -0.459 e. The van der Waals surface area contributed by atoms with E-state index in [4.69, 9.17) is 21.1 Å². The second-order valence-corrected chi connectivity index (χ2v) is 9.10. The summed E-state index contributed by atoms with van der Waals surface area (Å²) in [5, 5.41) is 8.25. The number of nitrogens with zero attached hydrogens (tertiary/aromatic N) is 3. The minimum absolute atomic E-state index is 0.0871. The number of aromatic nitrogens is 2. The van der Waals surface area contributed by atoms with Crippen LogP contribution in [-0.2, 0) is 10.2 Å². The Balaban J connectivity index is 1.84. The Kier molecular flexibility index (Phi) is 7.40. The molecule has 0 saturated heterocycles. The highest BCUT2D eigenvalue weighted by atomic mass is 35.5. The van der Waals surface area contributed by atoms with Crippen molar-refractivity contribution in [3.63, 3.8) is 0 Å². The molecule has 0 atom stereocenters. The Morgan fingerprint density at radius 2 is 1.91 bits per heavy atom. The summed E-state index contributed by atoms with van der Waals surface area (Å²) in [6.45, 7) is 8.59. The highest BCUT2D eigenvalue weighted by molar-refractivity contribution is 6.30. The molecule has 0 aliphatic rings. The number of rotatable bonds is 8. The van der Waals surface area contributed by atoms with Crippen LogP contribution in [0.1, 0.15) is 56.8 Å². The van der Waals surface area contributed by atoms with E-state index in [-0.39, 0.29) is 29.5 Å². The predicted octanol–water partition coefficient (Wildman–Crippen LogP) is 5.30. The number of hydrogen-bond donors (Lipinski definition) is 1. The monoisotopic (exact) mass is 456 g/mol. The van der Waals surface area contributed by atoms with Crippen molar-refractivity contribution in [2.75, 3.05) is 18.4 Å². The fourth-order valence-electron chi connectivity index (χ4n) is 3.13. The third-order valence-electron chi connectivity index (χ3n) is 4.95. The van der Waals surface area contributed by atoms with Crippen molar-refractivity contribution in [3.05, 3.63) is 65.2 Å². The number of nitrogens with one attached hydrogen (secondary N) is 1. The topological polar surface area (TPSA) is 80.4 Å². The molecule has 1 aromatic carbocycles. The van der Waals surface area contributed by atoms with Gasteiger partial charge in [0.1, 0.15) is 12.4 Å². The predicted molar refractivity (Wildman–Crippen MR) is 125 cm³/mol. The largest absolute Gasteiger partial charge is 0.459 e. The van der Waals surface area contributed by atoms with Crippen molar-refractivity contribution in [1.82, 2.24) is 14.7 Å². The molecule has 8 heteroatoms. The van der Waals surface area contributed by atoms with Gasteiger partial charge < -0.3 is 14.6 Å². The lowest BCUT2D eigenvalue weighted by atomic mass is 9.92. The number of halogens is 1. The maximum Gasteiger partial charge on any atom is 0.290 e. The molecule has 0 aliphatic heterocycles. The molecule has 0 aliphatic carbocycles. The lowest BCUT2D eigenvalue weighted by Gasteiger charge is -2.21. The molecule has 3 aromatic rings. The highest BCUT2D eigenvalue weighted by Crippen LogP contribution is 2.27. The molecule has 170 valence electrons. The fraction of sp³-hybridized carbons (Fsp3) is 0.375. The van der Waals surface area contributed by atoms with Crippen molar-refractivity contribution >= 4 is 29.2 Å². The summed E-state index contributed by atoms with van der Waals surface area (Å²) in [4.78, 5) is 27.2. The van der Waals surface area contributed by atoms with Crippen molar-refractivity contribution in [1.29, 1.82) is 0 Å². The Bertz CT molecular complexity index is 1050. The summed E-state index contributed by atoms with van der Waals surface area (Å²) in [5.74, 6) is 0.134. The van der Waals surface area contributed by atoms with Crippen LogP contribution in [0.3, 0.4) is 0 Å². The highest BCUT2D eigenvalue weighted by Gasteiger charge is 2.24. The number of amides is 2. The van der Waals surface area contributed by atoms with E-state index in [9.17, 15) is 9.59 Å². The summed E-state index contributed by atoms with van der Waals surface area (Å²) < 4.78 is 6.92. The fourth-order valence-corrected chi connectivity index (χ4v) is 3.25. The number of anilines is 1. The zero-order valence-electron chi connectivity index (χ0n) is 18.9. The average molecular weight is 457 g/mol. The molecule has 0 fully saturated rings.